The van der Waals surface area contributed by atoms with Gasteiger partial charge < -0.3 is 0 Å². The minimum Gasteiger partial charge on any atom is -0.123 e. The van der Waals surface area contributed by atoms with Gasteiger partial charge in [0.2, 0.25) is 0 Å². The Morgan fingerprint density at radius 3 is 1.88 bits per heavy atom. The van der Waals surface area contributed by atoms with Crippen LogP contribution in [0, 0.1) is 16.7 Å². The van der Waals surface area contributed by atoms with E-state index < -0.39 is 20.5 Å². The van der Waals surface area contributed by atoms with E-state index in [1.54, 1.807) is 0 Å². The highest BCUT2D eigenvalue weighted by molar-refractivity contribution is 6.48. The number of fused-ring (bicyclic) bond motifs is 2. The van der Waals surface area contributed by atoms with Crippen LogP contribution in [0.4, 0.5) is 0 Å². The minimum absolute atomic E-state index is 0.0895. The maximum atomic E-state index is 6.43. The molecule has 0 heterocycles. The van der Waals surface area contributed by atoms with E-state index in [9.17, 15) is 0 Å². The first-order valence-corrected chi connectivity index (χ1v) is 8.25. The van der Waals surface area contributed by atoms with E-state index in [1.165, 1.54) is 0 Å². The summed E-state index contributed by atoms with van der Waals surface area (Å²) >= 11 is 43.8. The Bertz CT molecular complexity index is 320. The Morgan fingerprint density at radius 2 is 1.53 bits per heavy atom. The van der Waals surface area contributed by atoms with Crippen molar-refractivity contribution >= 4 is 81.2 Å². The summed E-state index contributed by atoms with van der Waals surface area (Å²) in [7, 11) is 0. The lowest BCUT2D eigenvalue weighted by Gasteiger charge is -2.44. The first kappa shape index (κ1) is 15.4. The van der Waals surface area contributed by atoms with Gasteiger partial charge in [-0.05, 0) is 6.42 Å². The molecule has 2 bridgehead atoms. The third kappa shape index (κ3) is 1.71. The average Bonchev–Trinajstić information content (AvgIpc) is 2.54. The molecule has 0 aromatic heterocycles. The quantitative estimate of drug-likeness (QED) is 0.561. The molecule has 0 N–H and O–H groups in total. The summed E-state index contributed by atoms with van der Waals surface area (Å²) in [6.45, 7) is 1.93. The van der Waals surface area contributed by atoms with Crippen LogP contribution in [0.3, 0.4) is 0 Å². The smallest absolute Gasteiger partial charge is 0.115 e. The Kier molecular flexibility index (Phi) is 4.35. The summed E-state index contributed by atoms with van der Waals surface area (Å²) in [4.78, 5) is -1.37. The van der Waals surface area contributed by atoms with Crippen molar-refractivity contribution in [3.8, 4) is 0 Å². The van der Waals surface area contributed by atoms with Crippen molar-refractivity contribution in [2.24, 2.45) is 16.7 Å². The second-order valence-electron chi connectivity index (χ2n) is 5.02. The van der Waals surface area contributed by atoms with Crippen LogP contribution in [0.15, 0.2) is 0 Å². The number of halogens is 7. The molecule has 2 saturated carbocycles. The Balaban J connectivity index is 2.59. The zero-order chi connectivity index (χ0) is 13.2. The van der Waals surface area contributed by atoms with E-state index >= 15 is 0 Å². The first-order valence-electron chi connectivity index (χ1n) is 5.19. The van der Waals surface area contributed by atoms with Crippen LogP contribution in [0.25, 0.3) is 0 Å². The molecule has 2 aliphatic carbocycles. The zero-order valence-electron chi connectivity index (χ0n) is 8.82. The molecular weight excluding hydrogens is 368 g/mol. The van der Waals surface area contributed by atoms with Crippen LogP contribution in [0.1, 0.15) is 13.3 Å². The lowest BCUT2D eigenvalue weighted by atomic mass is 9.70. The van der Waals surface area contributed by atoms with Crippen molar-refractivity contribution in [3.05, 3.63) is 0 Å². The summed E-state index contributed by atoms with van der Waals surface area (Å²) in [5.74, 6) is -0.0895. The number of hydrogen-bond acceptors (Lipinski definition) is 0. The molecule has 0 saturated heterocycles. The summed E-state index contributed by atoms with van der Waals surface area (Å²) in [6, 6.07) is 0. The number of alkyl halides is 7. The van der Waals surface area contributed by atoms with Gasteiger partial charge in [-0.15, -0.1) is 81.2 Å². The van der Waals surface area contributed by atoms with Crippen LogP contribution in [0.5, 0.6) is 0 Å². The molecule has 2 fully saturated rings. The highest BCUT2D eigenvalue weighted by Crippen LogP contribution is 2.74. The Morgan fingerprint density at radius 1 is 1.00 bits per heavy atom. The normalized spacial score (nSPS) is 54.0. The topological polar surface area (TPSA) is 0 Å². The third-order valence-electron chi connectivity index (χ3n) is 4.58. The maximum Gasteiger partial charge on any atom is 0.115 e. The number of hydrogen-bond donors (Lipinski definition) is 0. The molecule has 7 heteroatoms. The Hall–Kier alpha value is 2.03. The van der Waals surface area contributed by atoms with Gasteiger partial charge in [-0.1, -0.05) is 6.92 Å². The Labute approximate surface area is 136 Å². The molecule has 0 amide bonds. The van der Waals surface area contributed by atoms with Crippen molar-refractivity contribution in [1.82, 2.24) is 0 Å². The SMILES string of the molecule is CC1(C(Cl)Cl)C2[C@H](Cl)CC1(C(Cl)Cl)[C@H](Cl)[C@H]2Cl. The highest BCUT2D eigenvalue weighted by Gasteiger charge is 2.76. The van der Waals surface area contributed by atoms with Crippen molar-refractivity contribution in [2.45, 2.75) is 39.1 Å². The van der Waals surface area contributed by atoms with Gasteiger partial charge in [0.1, 0.15) is 9.67 Å². The molecule has 0 radical (unpaired) electrons. The van der Waals surface area contributed by atoms with Gasteiger partial charge in [0.25, 0.3) is 0 Å². The second kappa shape index (κ2) is 4.79. The standard InChI is InChI=1S/C10H11Cl7/c1-9(7(14)15)4-3(11)2-10(9,8(16)17)6(13)5(4)12/h3-8H,2H2,1H3/t3-,4?,5+,6-,9?,10?/m1/s1. The molecule has 0 aliphatic heterocycles. The van der Waals surface area contributed by atoms with Gasteiger partial charge in [0, 0.05) is 22.1 Å². The van der Waals surface area contributed by atoms with Crippen LogP contribution >= 0.6 is 81.2 Å². The van der Waals surface area contributed by atoms with Gasteiger partial charge in [-0.25, -0.2) is 0 Å². The predicted octanol–water partition coefficient (Wildman–Crippen LogP) is 5.44. The molecule has 3 unspecified atom stereocenters. The van der Waals surface area contributed by atoms with E-state index in [0.29, 0.717) is 6.42 Å². The average molecular weight is 379 g/mol. The van der Waals surface area contributed by atoms with Gasteiger partial charge in [-0.2, -0.15) is 0 Å². The first-order chi connectivity index (χ1) is 7.71. The predicted molar refractivity (Wildman–Crippen MR) is 78.6 cm³/mol. The fraction of sp³-hybridized carbons (Fsp3) is 1.00. The minimum atomic E-state index is -0.704. The molecular formula is C10H11Cl7. The van der Waals surface area contributed by atoms with Crippen LogP contribution in [-0.4, -0.2) is 25.8 Å². The maximum absolute atomic E-state index is 6.43. The summed E-state index contributed by atoms with van der Waals surface area (Å²) in [5.41, 5.74) is -1.22. The van der Waals surface area contributed by atoms with E-state index in [0.717, 1.165) is 0 Å². The summed E-state index contributed by atoms with van der Waals surface area (Å²) < 4.78 is 0. The fourth-order valence-electron chi connectivity index (χ4n) is 3.55. The highest BCUT2D eigenvalue weighted by atomic mass is 35.5. The van der Waals surface area contributed by atoms with Crippen LogP contribution < -0.4 is 0 Å². The largest absolute Gasteiger partial charge is 0.123 e. The summed E-state index contributed by atoms with van der Waals surface area (Å²) in [5, 5.41) is -0.857. The summed E-state index contributed by atoms with van der Waals surface area (Å²) in [6.07, 6.45) is 0.584. The van der Waals surface area contributed by atoms with E-state index in [1.807, 2.05) is 6.92 Å². The van der Waals surface area contributed by atoms with Crippen molar-refractivity contribution in [1.29, 1.82) is 0 Å². The van der Waals surface area contributed by atoms with Crippen LogP contribution in [-0.2, 0) is 0 Å². The van der Waals surface area contributed by atoms with Gasteiger partial charge in [0.15, 0.2) is 0 Å². The molecule has 6 atom stereocenters. The van der Waals surface area contributed by atoms with E-state index in [4.69, 9.17) is 81.2 Å². The van der Waals surface area contributed by atoms with Crippen molar-refractivity contribution in [2.75, 3.05) is 0 Å². The molecule has 0 nitrogen and oxygen atoms in total. The zero-order valence-corrected chi connectivity index (χ0v) is 14.1. The van der Waals surface area contributed by atoms with Crippen molar-refractivity contribution in [3.63, 3.8) is 0 Å². The number of rotatable bonds is 2. The lowest BCUT2D eigenvalue weighted by Crippen LogP contribution is -2.47. The van der Waals surface area contributed by atoms with Crippen molar-refractivity contribution < 1.29 is 0 Å². The fourth-order valence-corrected chi connectivity index (χ4v) is 7.32. The van der Waals surface area contributed by atoms with E-state index in [2.05, 4.69) is 0 Å². The third-order valence-corrected chi connectivity index (χ3v) is 8.00. The lowest BCUT2D eigenvalue weighted by molar-refractivity contribution is 0.140. The molecule has 0 aromatic rings. The van der Waals surface area contributed by atoms with Gasteiger partial charge in [0.05, 0.1) is 10.8 Å². The molecule has 100 valence electrons. The molecule has 2 rings (SSSR count). The van der Waals surface area contributed by atoms with Crippen LogP contribution in [0.2, 0.25) is 0 Å². The van der Waals surface area contributed by atoms with Gasteiger partial charge >= 0.3 is 0 Å². The molecule has 0 spiro atoms. The van der Waals surface area contributed by atoms with Gasteiger partial charge in [-0.3, -0.25) is 0 Å². The molecule has 2 aliphatic rings. The monoisotopic (exact) mass is 376 g/mol. The molecule has 17 heavy (non-hydrogen) atoms. The second-order valence-corrected chi connectivity index (χ2v) is 8.74. The van der Waals surface area contributed by atoms with E-state index in [-0.39, 0.29) is 22.0 Å². The molecule has 0 aromatic carbocycles.